The minimum absolute atomic E-state index is 0.627. The average Bonchev–Trinajstić information content (AvgIpc) is 3.08. The van der Waals surface area contributed by atoms with Gasteiger partial charge in [0.1, 0.15) is 18.9 Å². The van der Waals surface area contributed by atoms with Crippen LogP contribution in [0.4, 0.5) is 0 Å². The lowest BCUT2D eigenvalue weighted by Crippen LogP contribution is -2.31. The zero-order valence-corrected chi connectivity index (χ0v) is 16.4. The van der Waals surface area contributed by atoms with E-state index in [1.807, 2.05) is 10.8 Å². The van der Waals surface area contributed by atoms with Crippen LogP contribution in [0.25, 0.3) is 0 Å². The molecule has 1 aromatic rings. The molecule has 0 amide bonds. The van der Waals surface area contributed by atoms with Gasteiger partial charge in [-0.3, -0.25) is 0 Å². The molecule has 0 fully saturated rings. The third-order valence-corrected chi connectivity index (χ3v) is 4.89. The zero-order chi connectivity index (χ0) is 18.0. The van der Waals surface area contributed by atoms with E-state index in [-0.39, 0.29) is 0 Å². The number of oxime groups is 1. The molecule has 0 radical (unpaired) electrons. The summed E-state index contributed by atoms with van der Waals surface area (Å²) in [7, 11) is 0. The molecule has 1 heterocycles. The lowest BCUT2D eigenvalue weighted by atomic mass is 10.0. The standard InChI is InChI=1S/C21H39N3O/c1-2-3-4-5-6-7-8-9-10-11-12-13-14-15-17-23-19-20-24(21-23)18-16-22-25/h16,19-21H,2-15,17-18H2,1H3/p+1. The van der Waals surface area contributed by atoms with Gasteiger partial charge in [-0.05, 0) is 12.8 Å². The molecule has 1 N–H and O–H groups in total. The third kappa shape index (κ3) is 12.7. The van der Waals surface area contributed by atoms with Crippen LogP contribution in [0.2, 0.25) is 0 Å². The van der Waals surface area contributed by atoms with Crippen LogP contribution in [0.15, 0.2) is 23.9 Å². The lowest BCUT2D eigenvalue weighted by molar-refractivity contribution is -0.680. The number of aromatic nitrogens is 2. The first-order chi connectivity index (χ1) is 12.4. The molecular formula is C21H40N3O+. The van der Waals surface area contributed by atoms with E-state index in [1.165, 1.54) is 96.1 Å². The van der Waals surface area contributed by atoms with Gasteiger partial charge in [0, 0.05) is 0 Å². The Bertz CT molecular complexity index is 429. The van der Waals surface area contributed by atoms with Gasteiger partial charge in [-0.1, -0.05) is 89.1 Å². The molecule has 0 aromatic carbocycles. The van der Waals surface area contributed by atoms with E-state index < -0.39 is 0 Å². The molecule has 1 rings (SSSR count). The second kappa shape index (κ2) is 16.2. The van der Waals surface area contributed by atoms with Gasteiger partial charge < -0.3 is 5.21 Å². The molecule has 0 saturated heterocycles. The summed E-state index contributed by atoms with van der Waals surface area (Å²) in [5.41, 5.74) is 0. The topological polar surface area (TPSA) is 41.4 Å². The van der Waals surface area contributed by atoms with Gasteiger partial charge in [0.25, 0.3) is 0 Å². The van der Waals surface area contributed by atoms with Gasteiger partial charge in [0.15, 0.2) is 0 Å². The minimum atomic E-state index is 0.627. The van der Waals surface area contributed by atoms with Gasteiger partial charge in [-0.25, -0.2) is 9.13 Å². The van der Waals surface area contributed by atoms with Crippen LogP contribution in [0.3, 0.4) is 0 Å². The zero-order valence-electron chi connectivity index (χ0n) is 16.4. The van der Waals surface area contributed by atoms with E-state index in [1.54, 1.807) is 0 Å². The van der Waals surface area contributed by atoms with Gasteiger partial charge in [-0.2, -0.15) is 0 Å². The maximum Gasteiger partial charge on any atom is 0.244 e. The highest BCUT2D eigenvalue weighted by Gasteiger charge is 2.02. The summed E-state index contributed by atoms with van der Waals surface area (Å²) in [5.74, 6) is 0. The first kappa shape index (κ1) is 21.7. The molecule has 0 bridgehead atoms. The minimum Gasteiger partial charge on any atom is -0.411 e. The van der Waals surface area contributed by atoms with Crippen LogP contribution < -0.4 is 4.57 Å². The van der Waals surface area contributed by atoms with E-state index in [2.05, 4.69) is 29.2 Å². The summed E-state index contributed by atoms with van der Waals surface area (Å²) < 4.78 is 4.23. The predicted molar refractivity (Wildman–Crippen MR) is 105 cm³/mol. The molecule has 0 atom stereocenters. The van der Waals surface area contributed by atoms with Crippen molar-refractivity contribution in [1.29, 1.82) is 0 Å². The quantitative estimate of drug-likeness (QED) is 0.126. The van der Waals surface area contributed by atoms with Crippen molar-refractivity contribution in [3.63, 3.8) is 0 Å². The summed E-state index contributed by atoms with van der Waals surface area (Å²) in [5, 5.41) is 11.5. The Balaban J connectivity index is 1.82. The van der Waals surface area contributed by atoms with Crippen LogP contribution in [-0.2, 0) is 13.1 Å². The Kier molecular flexibility index (Phi) is 14.0. The molecular weight excluding hydrogens is 310 g/mol. The van der Waals surface area contributed by atoms with E-state index in [0.717, 1.165) is 6.54 Å². The first-order valence-electron chi connectivity index (χ1n) is 10.6. The molecule has 0 aliphatic carbocycles. The predicted octanol–water partition coefficient (Wildman–Crippen LogP) is 5.72. The molecule has 0 spiro atoms. The normalized spacial score (nSPS) is 11.6. The van der Waals surface area contributed by atoms with Crippen molar-refractivity contribution < 1.29 is 9.77 Å². The monoisotopic (exact) mass is 350 g/mol. The van der Waals surface area contributed by atoms with Crippen molar-refractivity contribution in [3.05, 3.63) is 18.7 Å². The van der Waals surface area contributed by atoms with E-state index in [9.17, 15) is 0 Å². The number of rotatable bonds is 17. The van der Waals surface area contributed by atoms with Gasteiger partial charge in [-0.15, -0.1) is 0 Å². The molecule has 4 nitrogen and oxygen atoms in total. The molecule has 25 heavy (non-hydrogen) atoms. The fraction of sp³-hybridized carbons (Fsp3) is 0.810. The van der Waals surface area contributed by atoms with Crippen molar-refractivity contribution in [2.45, 2.75) is 110 Å². The highest BCUT2D eigenvalue weighted by molar-refractivity contribution is 5.53. The Morgan fingerprint density at radius 1 is 0.840 bits per heavy atom. The van der Waals surface area contributed by atoms with Crippen LogP contribution >= 0.6 is 0 Å². The third-order valence-electron chi connectivity index (χ3n) is 4.89. The average molecular weight is 351 g/mol. The Morgan fingerprint density at radius 2 is 1.36 bits per heavy atom. The van der Waals surface area contributed by atoms with Crippen LogP contribution in [0, 0.1) is 0 Å². The molecule has 0 saturated carbocycles. The van der Waals surface area contributed by atoms with E-state index in [0.29, 0.717) is 6.54 Å². The summed E-state index contributed by atoms with van der Waals surface area (Å²) >= 11 is 0. The highest BCUT2D eigenvalue weighted by Crippen LogP contribution is 2.13. The number of hydrogen-bond acceptors (Lipinski definition) is 2. The summed E-state index contributed by atoms with van der Waals surface area (Å²) in [6, 6.07) is 0. The fourth-order valence-corrected chi connectivity index (χ4v) is 3.30. The molecule has 4 heteroatoms. The Labute approximate surface area is 154 Å². The highest BCUT2D eigenvalue weighted by atomic mass is 16.4. The van der Waals surface area contributed by atoms with E-state index >= 15 is 0 Å². The summed E-state index contributed by atoms with van der Waals surface area (Å²) in [6.45, 7) is 4.00. The molecule has 144 valence electrons. The maximum atomic E-state index is 8.43. The number of unbranched alkanes of at least 4 members (excludes halogenated alkanes) is 13. The first-order valence-corrected chi connectivity index (χ1v) is 10.6. The SMILES string of the molecule is CCCCCCCCCCCCCCCCn1cc[n+](CC=NO)c1. The Morgan fingerprint density at radius 3 is 1.88 bits per heavy atom. The molecule has 0 aliphatic rings. The van der Waals surface area contributed by atoms with Crippen LogP contribution in [0.5, 0.6) is 0 Å². The van der Waals surface area contributed by atoms with Crippen molar-refractivity contribution in [2.24, 2.45) is 5.16 Å². The van der Waals surface area contributed by atoms with Crippen molar-refractivity contribution in [2.75, 3.05) is 0 Å². The van der Waals surface area contributed by atoms with Crippen molar-refractivity contribution in [1.82, 2.24) is 4.57 Å². The molecule has 1 aromatic heterocycles. The van der Waals surface area contributed by atoms with Crippen molar-refractivity contribution >= 4 is 6.21 Å². The van der Waals surface area contributed by atoms with Gasteiger partial charge in [0.2, 0.25) is 6.33 Å². The van der Waals surface area contributed by atoms with Crippen molar-refractivity contribution in [3.8, 4) is 0 Å². The fourth-order valence-electron chi connectivity index (χ4n) is 3.30. The molecule has 0 aliphatic heterocycles. The summed E-state index contributed by atoms with van der Waals surface area (Å²) in [6.07, 6.45) is 27.3. The van der Waals surface area contributed by atoms with Gasteiger partial charge >= 0.3 is 0 Å². The maximum absolute atomic E-state index is 8.43. The second-order valence-corrected chi connectivity index (χ2v) is 7.24. The number of aryl methyl sites for hydroxylation is 1. The second-order valence-electron chi connectivity index (χ2n) is 7.24. The van der Waals surface area contributed by atoms with Crippen LogP contribution in [0.1, 0.15) is 96.8 Å². The lowest BCUT2D eigenvalue weighted by Gasteiger charge is -2.03. The van der Waals surface area contributed by atoms with Gasteiger partial charge in [0.05, 0.1) is 12.8 Å². The van der Waals surface area contributed by atoms with E-state index in [4.69, 9.17) is 5.21 Å². The summed E-state index contributed by atoms with van der Waals surface area (Å²) in [4.78, 5) is 0. The largest absolute Gasteiger partial charge is 0.411 e. The number of imidazole rings is 1. The number of nitrogens with zero attached hydrogens (tertiary/aromatic N) is 3. The smallest absolute Gasteiger partial charge is 0.244 e. The number of hydrogen-bond donors (Lipinski definition) is 1. The Hall–Kier alpha value is -1.32. The molecule has 0 unspecified atom stereocenters. The van der Waals surface area contributed by atoms with Crippen LogP contribution in [-0.4, -0.2) is 16.0 Å².